The third-order valence-electron chi connectivity index (χ3n) is 4.11. The van der Waals surface area contributed by atoms with Crippen molar-refractivity contribution in [3.8, 4) is 0 Å². The molecule has 1 atom stereocenters. The maximum absolute atomic E-state index is 4.33. The van der Waals surface area contributed by atoms with Crippen molar-refractivity contribution in [2.45, 2.75) is 59.5 Å². The zero-order valence-corrected chi connectivity index (χ0v) is 19.0. The van der Waals surface area contributed by atoms with Crippen molar-refractivity contribution >= 4 is 41.3 Å². The second-order valence-corrected chi connectivity index (χ2v) is 7.11. The molecule has 0 fully saturated rings. The van der Waals surface area contributed by atoms with Crippen LogP contribution in [0.3, 0.4) is 0 Å². The van der Waals surface area contributed by atoms with Crippen LogP contribution in [0.2, 0.25) is 0 Å². The Morgan fingerprint density at radius 1 is 1.21 bits per heavy atom. The van der Waals surface area contributed by atoms with Gasteiger partial charge in [-0.3, -0.25) is 4.99 Å². The average Bonchev–Trinajstić information content (AvgIpc) is 3.03. The zero-order valence-electron chi connectivity index (χ0n) is 15.9. The summed E-state index contributed by atoms with van der Waals surface area (Å²) in [6.45, 7) is 13.2. The number of guanidine groups is 1. The zero-order chi connectivity index (χ0) is 17.1. The molecule has 1 heterocycles. The fourth-order valence-electron chi connectivity index (χ4n) is 2.54. The normalized spacial score (nSPS) is 12.8. The maximum Gasteiger partial charge on any atom is 0.191 e. The van der Waals surface area contributed by atoms with Gasteiger partial charge < -0.3 is 15.5 Å². The van der Waals surface area contributed by atoms with Gasteiger partial charge in [-0.15, -0.1) is 35.3 Å². The van der Waals surface area contributed by atoms with E-state index in [1.165, 1.54) is 22.7 Å². The van der Waals surface area contributed by atoms with E-state index in [0.29, 0.717) is 6.04 Å². The molecule has 1 rings (SSSR count). The summed E-state index contributed by atoms with van der Waals surface area (Å²) in [7, 11) is 1.84. The highest BCUT2D eigenvalue weighted by molar-refractivity contribution is 14.0. The fourth-order valence-corrected chi connectivity index (χ4v) is 3.44. The first kappa shape index (κ1) is 23.7. The van der Waals surface area contributed by atoms with Crippen LogP contribution in [-0.4, -0.2) is 43.6 Å². The van der Waals surface area contributed by atoms with E-state index < -0.39 is 0 Å². The van der Waals surface area contributed by atoms with E-state index >= 15 is 0 Å². The molecular formula is C18H35IN4S. The van der Waals surface area contributed by atoms with Crippen LogP contribution in [0.1, 0.15) is 50.3 Å². The first-order chi connectivity index (χ1) is 11.1. The average molecular weight is 466 g/mol. The first-order valence-electron chi connectivity index (χ1n) is 8.89. The van der Waals surface area contributed by atoms with E-state index in [-0.39, 0.29) is 24.0 Å². The van der Waals surface area contributed by atoms with Crippen LogP contribution in [0.4, 0.5) is 0 Å². The van der Waals surface area contributed by atoms with Crippen LogP contribution >= 0.6 is 35.3 Å². The molecule has 0 bridgehead atoms. The number of aryl methyl sites for hydroxylation is 1. The molecule has 0 spiro atoms. The minimum absolute atomic E-state index is 0. The van der Waals surface area contributed by atoms with Crippen molar-refractivity contribution < 1.29 is 0 Å². The number of nitrogens with one attached hydrogen (secondary N) is 2. The quantitative estimate of drug-likeness (QED) is 0.310. The van der Waals surface area contributed by atoms with E-state index in [4.69, 9.17) is 0 Å². The molecule has 140 valence electrons. The molecule has 1 unspecified atom stereocenters. The van der Waals surface area contributed by atoms with Gasteiger partial charge in [-0.1, -0.05) is 20.8 Å². The number of nitrogens with zero attached hydrogens (tertiary/aromatic N) is 2. The van der Waals surface area contributed by atoms with Gasteiger partial charge in [0.05, 0.1) is 6.54 Å². The molecule has 0 aromatic carbocycles. The van der Waals surface area contributed by atoms with Gasteiger partial charge in [0, 0.05) is 22.8 Å². The number of halogens is 1. The van der Waals surface area contributed by atoms with Crippen LogP contribution in [0.15, 0.2) is 17.1 Å². The molecule has 0 amide bonds. The smallest absolute Gasteiger partial charge is 0.191 e. The lowest BCUT2D eigenvalue weighted by Gasteiger charge is -2.21. The molecule has 0 aliphatic carbocycles. The van der Waals surface area contributed by atoms with Gasteiger partial charge in [-0.2, -0.15) is 0 Å². The lowest BCUT2D eigenvalue weighted by atomic mass is 10.2. The van der Waals surface area contributed by atoms with Crippen molar-refractivity contribution in [2.75, 3.05) is 26.7 Å². The summed E-state index contributed by atoms with van der Waals surface area (Å²) in [5, 5.41) is 6.91. The second-order valence-electron chi connectivity index (χ2n) is 5.86. The number of hydrogen-bond donors (Lipinski definition) is 2. The largest absolute Gasteiger partial charge is 0.354 e. The van der Waals surface area contributed by atoms with Crippen molar-refractivity contribution in [1.29, 1.82) is 0 Å². The summed E-state index contributed by atoms with van der Waals surface area (Å²) in [5.74, 6) is 0.895. The highest BCUT2D eigenvalue weighted by atomic mass is 127. The molecule has 0 radical (unpaired) electrons. The van der Waals surface area contributed by atoms with Crippen LogP contribution in [0.5, 0.6) is 0 Å². The van der Waals surface area contributed by atoms with Gasteiger partial charge >= 0.3 is 0 Å². The fraction of sp³-hybridized carbons (Fsp3) is 0.722. The maximum atomic E-state index is 4.33. The Labute approximate surface area is 169 Å². The molecule has 0 saturated carbocycles. The Balaban J connectivity index is 0.00000529. The van der Waals surface area contributed by atoms with Crippen molar-refractivity contribution in [2.24, 2.45) is 4.99 Å². The highest BCUT2D eigenvalue weighted by Crippen LogP contribution is 2.16. The van der Waals surface area contributed by atoms with Crippen LogP contribution < -0.4 is 10.6 Å². The monoisotopic (exact) mass is 466 g/mol. The lowest BCUT2D eigenvalue weighted by molar-refractivity contribution is 0.292. The Morgan fingerprint density at radius 2 is 1.88 bits per heavy atom. The molecule has 0 aliphatic heterocycles. The summed E-state index contributed by atoms with van der Waals surface area (Å²) in [4.78, 5) is 9.61. The third kappa shape index (κ3) is 9.22. The van der Waals surface area contributed by atoms with E-state index in [2.05, 4.69) is 60.4 Å². The second kappa shape index (κ2) is 13.9. The van der Waals surface area contributed by atoms with Crippen LogP contribution in [0, 0.1) is 0 Å². The van der Waals surface area contributed by atoms with E-state index in [1.807, 2.05) is 18.4 Å². The van der Waals surface area contributed by atoms with Gasteiger partial charge in [0.25, 0.3) is 0 Å². The standard InChI is InChI=1S/C18H34N4S.HI/c1-6-16-11-12-17(23-16)14-20-18(19-5)21-15(4)10-9-13-22(7-2)8-3;/h11-12,15H,6-10,13-14H2,1-5H3,(H2,19,20,21);1H. The number of aliphatic imine (C=N–C) groups is 1. The van der Waals surface area contributed by atoms with Crippen LogP contribution in [0.25, 0.3) is 0 Å². The van der Waals surface area contributed by atoms with Crippen molar-refractivity contribution in [3.63, 3.8) is 0 Å². The Hall–Kier alpha value is -0.340. The van der Waals surface area contributed by atoms with E-state index in [1.54, 1.807) is 0 Å². The SMILES string of the molecule is CCc1ccc(CNC(=NC)NC(C)CCCN(CC)CC)s1.I. The third-order valence-corrected chi connectivity index (χ3v) is 5.34. The summed E-state index contributed by atoms with van der Waals surface area (Å²) in [6, 6.07) is 4.86. The van der Waals surface area contributed by atoms with Gasteiger partial charge in [0.1, 0.15) is 0 Å². The molecule has 0 aliphatic rings. The molecule has 0 saturated heterocycles. The molecule has 1 aromatic rings. The summed E-state index contributed by atoms with van der Waals surface area (Å²) < 4.78 is 0. The number of rotatable bonds is 10. The lowest BCUT2D eigenvalue weighted by Crippen LogP contribution is -2.42. The highest BCUT2D eigenvalue weighted by Gasteiger charge is 2.07. The van der Waals surface area contributed by atoms with Crippen molar-refractivity contribution in [1.82, 2.24) is 15.5 Å². The molecule has 2 N–H and O–H groups in total. The van der Waals surface area contributed by atoms with Gasteiger partial charge in [0.2, 0.25) is 0 Å². The Bertz CT molecular complexity index is 458. The summed E-state index contributed by atoms with van der Waals surface area (Å²) >= 11 is 1.88. The molecular weight excluding hydrogens is 431 g/mol. The predicted molar refractivity (Wildman–Crippen MR) is 119 cm³/mol. The molecule has 24 heavy (non-hydrogen) atoms. The Kier molecular flexibility index (Phi) is 13.7. The van der Waals surface area contributed by atoms with Gasteiger partial charge in [-0.05, 0) is 58.0 Å². The molecule has 4 nitrogen and oxygen atoms in total. The van der Waals surface area contributed by atoms with Gasteiger partial charge in [0.15, 0.2) is 5.96 Å². The van der Waals surface area contributed by atoms with Gasteiger partial charge in [-0.25, -0.2) is 0 Å². The van der Waals surface area contributed by atoms with Crippen molar-refractivity contribution in [3.05, 3.63) is 21.9 Å². The molecule has 6 heteroatoms. The molecule has 1 aromatic heterocycles. The first-order valence-corrected chi connectivity index (χ1v) is 9.71. The minimum Gasteiger partial charge on any atom is -0.354 e. The summed E-state index contributed by atoms with van der Waals surface area (Å²) in [5.41, 5.74) is 0. The number of thiophene rings is 1. The minimum atomic E-state index is 0. The van der Waals surface area contributed by atoms with E-state index in [9.17, 15) is 0 Å². The number of hydrogen-bond acceptors (Lipinski definition) is 3. The predicted octanol–water partition coefficient (Wildman–Crippen LogP) is 4.10. The summed E-state index contributed by atoms with van der Waals surface area (Å²) in [6.07, 6.45) is 3.50. The van der Waals surface area contributed by atoms with E-state index in [0.717, 1.165) is 38.4 Å². The topological polar surface area (TPSA) is 39.7 Å². The Morgan fingerprint density at radius 3 is 2.42 bits per heavy atom. The van der Waals surface area contributed by atoms with Crippen LogP contribution in [-0.2, 0) is 13.0 Å².